The monoisotopic (exact) mass is 246 g/mol. The van der Waals surface area contributed by atoms with E-state index in [1.54, 1.807) is 0 Å². The van der Waals surface area contributed by atoms with Crippen LogP contribution in [0.4, 0.5) is 11.4 Å². The van der Waals surface area contributed by atoms with Gasteiger partial charge in [0.1, 0.15) is 5.78 Å². The number of Topliss-reactive ketones (excluding diaryl/α,β-unsaturated/α-hetero) is 1. The van der Waals surface area contributed by atoms with E-state index in [0.717, 1.165) is 19.6 Å². The maximum Gasteiger partial charge on any atom is 0.136 e. The molecule has 0 saturated carbocycles. The minimum Gasteiger partial charge on any atom is -0.385 e. The molecule has 0 bridgehead atoms. The Balaban J connectivity index is 1.89. The second kappa shape index (κ2) is 6.43. The van der Waals surface area contributed by atoms with E-state index in [0.29, 0.717) is 18.6 Å². The summed E-state index contributed by atoms with van der Waals surface area (Å²) in [6, 6.07) is 8.54. The number of benzene rings is 1. The van der Waals surface area contributed by atoms with Crippen LogP contribution in [0.3, 0.4) is 0 Å². The molecule has 1 N–H and O–H groups in total. The zero-order valence-electron chi connectivity index (χ0n) is 11.1. The van der Waals surface area contributed by atoms with Gasteiger partial charge < -0.3 is 10.2 Å². The van der Waals surface area contributed by atoms with Crippen LogP contribution in [0.15, 0.2) is 24.3 Å². The molecule has 0 radical (unpaired) electrons. The number of carbonyl (C=O) groups is 1. The largest absolute Gasteiger partial charge is 0.385 e. The molecule has 1 heterocycles. The topological polar surface area (TPSA) is 32.3 Å². The van der Waals surface area contributed by atoms with Crippen molar-refractivity contribution in [1.29, 1.82) is 0 Å². The van der Waals surface area contributed by atoms with Crippen molar-refractivity contribution in [2.24, 2.45) is 0 Å². The third-order valence-electron chi connectivity index (χ3n) is 3.41. The quantitative estimate of drug-likeness (QED) is 0.810. The molecule has 3 nitrogen and oxygen atoms in total. The Morgan fingerprint density at radius 2 is 1.83 bits per heavy atom. The maximum atomic E-state index is 11.2. The molecule has 1 saturated heterocycles. The second-order valence-electron chi connectivity index (χ2n) is 4.85. The van der Waals surface area contributed by atoms with Crippen molar-refractivity contribution in [2.75, 3.05) is 29.9 Å². The first-order valence-electron chi connectivity index (χ1n) is 6.90. The first-order valence-corrected chi connectivity index (χ1v) is 6.90. The molecule has 1 aromatic carbocycles. The highest BCUT2D eigenvalue weighted by atomic mass is 16.1. The number of nitrogens with one attached hydrogen (secondary N) is 1. The van der Waals surface area contributed by atoms with E-state index in [1.807, 2.05) is 0 Å². The van der Waals surface area contributed by atoms with Crippen molar-refractivity contribution in [3.63, 3.8) is 0 Å². The van der Waals surface area contributed by atoms with Crippen LogP contribution in [-0.2, 0) is 4.79 Å². The van der Waals surface area contributed by atoms with Crippen LogP contribution in [-0.4, -0.2) is 25.4 Å². The molecule has 0 atom stereocenters. The summed E-state index contributed by atoms with van der Waals surface area (Å²) in [5, 5.41) is 3.41. The summed E-state index contributed by atoms with van der Waals surface area (Å²) in [4.78, 5) is 13.5. The predicted octanol–water partition coefficient (Wildman–Crippen LogP) is 3.07. The normalized spacial score (nSPS) is 15.8. The number of carbonyl (C=O) groups excluding carboxylic acids is 1. The molecule has 1 aliphatic rings. The van der Waals surface area contributed by atoms with Crippen molar-refractivity contribution in [3.05, 3.63) is 24.3 Å². The molecule has 0 aliphatic carbocycles. The molecular formula is C15H22N2O. The van der Waals surface area contributed by atoms with Gasteiger partial charge in [0.15, 0.2) is 0 Å². The molecule has 0 unspecified atom stereocenters. The van der Waals surface area contributed by atoms with E-state index in [9.17, 15) is 4.79 Å². The van der Waals surface area contributed by atoms with Crippen molar-refractivity contribution >= 4 is 17.2 Å². The Morgan fingerprint density at radius 3 is 2.44 bits per heavy atom. The Labute approximate surface area is 109 Å². The van der Waals surface area contributed by atoms with Gasteiger partial charge in [-0.3, -0.25) is 4.79 Å². The minimum atomic E-state index is 0.393. The highest BCUT2D eigenvalue weighted by Crippen LogP contribution is 2.20. The minimum absolute atomic E-state index is 0.393. The lowest BCUT2D eigenvalue weighted by atomic mass is 10.1. The lowest BCUT2D eigenvalue weighted by molar-refractivity contribution is -0.119. The number of unbranched alkanes of at least 4 members (excludes halogenated alkanes) is 1. The molecule has 98 valence electrons. The van der Waals surface area contributed by atoms with Gasteiger partial charge in [-0.05, 0) is 30.7 Å². The average molecular weight is 246 g/mol. The summed E-state index contributed by atoms with van der Waals surface area (Å²) in [6.07, 6.45) is 3.80. The van der Waals surface area contributed by atoms with Crippen LogP contribution >= 0.6 is 0 Å². The Hall–Kier alpha value is -1.51. The number of piperidine rings is 1. The zero-order chi connectivity index (χ0) is 12.8. The highest BCUT2D eigenvalue weighted by Gasteiger charge is 2.15. The van der Waals surface area contributed by atoms with Gasteiger partial charge >= 0.3 is 0 Å². The molecule has 1 aromatic rings. The van der Waals surface area contributed by atoms with Crippen molar-refractivity contribution < 1.29 is 4.79 Å². The standard InChI is InChI=1S/C15H22N2O/c1-2-3-10-16-13-4-6-14(7-5-13)17-11-8-15(18)9-12-17/h4-7,16H,2-3,8-12H2,1H3. The van der Waals surface area contributed by atoms with Gasteiger partial charge in [0.25, 0.3) is 0 Å². The molecule has 1 fully saturated rings. The molecule has 2 rings (SSSR count). The van der Waals surface area contributed by atoms with E-state index < -0.39 is 0 Å². The van der Waals surface area contributed by atoms with Crippen LogP contribution in [0.1, 0.15) is 32.6 Å². The smallest absolute Gasteiger partial charge is 0.136 e. The summed E-state index contributed by atoms with van der Waals surface area (Å²) in [6.45, 7) is 4.96. The molecule has 0 aromatic heterocycles. The third kappa shape index (κ3) is 3.49. The van der Waals surface area contributed by atoms with Crippen molar-refractivity contribution in [3.8, 4) is 0 Å². The Morgan fingerprint density at radius 1 is 1.17 bits per heavy atom. The predicted molar refractivity (Wildman–Crippen MR) is 76.3 cm³/mol. The van der Waals surface area contributed by atoms with E-state index >= 15 is 0 Å². The summed E-state index contributed by atoms with van der Waals surface area (Å²) >= 11 is 0. The number of hydrogen-bond acceptors (Lipinski definition) is 3. The fourth-order valence-electron chi connectivity index (χ4n) is 2.21. The van der Waals surface area contributed by atoms with Gasteiger partial charge in [0, 0.05) is 43.9 Å². The first kappa shape index (κ1) is 12.9. The maximum absolute atomic E-state index is 11.2. The molecule has 0 amide bonds. The second-order valence-corrected chi connectivity index (χ2v) is 4.85. The SMILES string of the molecule is CCCCNc1ccc(N2CCC(=O)CC2)cc1. The number of rotatable bonds is 5. The lowest BCUT2D eigenvalue weighted by Crippen LogP contribution is -2.33. The van der Waals surface area contributed by atoms with Crippen LogP contribution in [0, 0.1) is 0 Å². The molecule has 18 heavy (non-hydrogen) atoms. The van der Waals surface area contributed by atoms with E-state index in [4.69, 9.17) is 0 Å². The van der Waals surface area contributed by atoms with Crippen molar-refractivity contribution in [2.45, 2.75) is 32.6 Å². The van der Waals surface area contributed by atoms with Gasteiger partial charge in [-0.15, -0.1) is 0 Å². The molecule has 0 spiro atoms. The summed E-state index contributed by atoms with van der Waals surface area (Å²) in [5.41, 5.74) is 2.41. The number of anilines is 2. The molecular weight excluding hydrogens is 224 g/mol. The van der Waals surface area contributed by atoms with Crippen LogP contribution in [0.5, 0.6) is 0 Å². The van der Waals surface area contributed by atoms with E-state index in [2.05, 4.69) is 41.4 Å². The van der Waals surface area contributed by atoms with E-state index in [-0.39, 0.29) is 0 Å². The van der Waals surface area contributed by atoms with Gasteiger partial charge in [-0.2, -0.15) is 0 Å². The highest BCUT2D eigenvalue weighted by molar-refractivity contribution is 5.81. The summed E-state index contributed by atoms with van der Waals surface area (Å²) in [7, 11) is 0. The molecule has 1 aliphatic heterocycles. The average Bonchev–Trinajstić information content (AvgIpc) is 2.41. The number of nitrogens with zero attached hydrogens (tertiary/aromatic N) is 1. The fourth-order valence-corrected chi connectivity index (χ4v) is 2.21. The zero-order valence-corrected chi connectivity index (χ0v) is 11.1. The van der Waals surface area contributed by atoms with E-state index in [1.165, 1.54) is 24.2 Å². The Bertz CT molecular complexity index is 376. The van der Waals surface area contributed by atoms with Gasteiger partial charge in [0.2, 0.25) is 0 Å². The third-order valence-corrected chi connectivity index (χ3v) is 3.41. The van der Waals surface area contributed by atoms with Crippen LogP contribution in [0.25, 0.3) is 0 Å². The fraction of sp³-hybridized carbons (Fsp3) is 0.533. The van der Waals surface area contributed by atoms with Gasteiger partial charge in [-0.1, -0.05) is 13.3 Å². The summed E-state index contributed by atoms with van der Waals surface area (Å²) in [5.74, 6) is 0.393. The summed E-state index contributed by atoms with van der Waals surface area (Å²) < 4.78 is 0. The Kier molecular flexibility index (Phi) is 4.62. The van der Waals surface area contributed by atoms with Crippen LogP contribution < -0.4 is 10.2 Å². The molecule has 3 heteroatoms. The van der Waals surface area contributed by atoms with Gasteiger partial charge in [0.05, 0.1) is 0 Å². The van der Waals surface area contributed by atoms with Gasteiger partial charge in [-0.25, -0.2) is 0 Å². The lowest BCUT2D eigenvalue weighted by Gasteiger charge is -2.28. The van der Waals surface area contributed by atoms with Crippen molar-refractivity contribution in [1.82, 2.24) is 0 Å². The number of ketones is 1. The first-order chi connectivity index (χ1) is 8.79. The van der Waals surface area contributed by atoms with Crippen LogP contribution in [0.2, 0.25) is 0 Å². The number of hydrogen-bond donors (Lipinski definition) is 1.